The maximum atomic E-state index is 14.2. The van der Waals surface area contributed by atoms with Gasteiger partial charge in [-0.1, -0.05) is 11.6 Å². The molecular formula is C28H36ClFN4O5S. The third-order valence-electron chi connectivity index (χ3n) is 8.49. The van der Waals surface area contributed by atoms with Gasteiger partial charge >= 0.3 is 6.09 Å². The SMILES string of the molecule is CC(C)(CO)N1CCN(C(=O)OC2([C@H]3CCC[C@@H](c4cncc(F)c4)N3S(=O)(=O)c3ccc(Cl)cc3)CC2)CC1. The summed E-state index contributed by atoms with van der Waals surface area (Å²) in [7, 11) is -4.08. The van der Waals surface area contributed by atoms with Crippen LogP contribution >= 0.6 is 11.6 Å². The maximum Gasteiger partial charge on any atom is 0.410 e. The van der Waals surface area contributed by atoms with Gasteiger partial charge in [0, 0.05) is 42.9 Å². The Labute approximate surface area is 239 Å². The lowest BCUT2D eigenvalue weighted by atomic mass is 9.90. The van der Waals surface area contributed by atoms with Crippen LogP contribution in [0.5, 0.6) is 0 Å². The summed E-state index contributed by atoms with van der Waals surface area (Å²) >= 11 is 6.04. The number of piperidine rings is 1. The molecule has 2 saturated heterocycles. The van der Waals surface area contributed by atoms with E-state index in [1.807, 2.05) is 13.8 Å². The minimum atomic E-state index is -4.08. The number of rotatable bonds is 7. The molecule has 0 spiro atoms. The maximum absolute atomic E-state index is 14.2. The number of hydrogen-bond acceptors (Lipinski definition) is 7. The van der Waals surface area contributed by atoms with Crippen LogP contribution in [0.4, 0.5) is 9.18 Å². The van der Waals surface area contributed by atoms with Crippen LogP contribution in [0.1, 0.15) is 57.6 Å². The molecule has 3 heterocycles. The number of piperazine rings is 1. The molecule has 1 N–H and O–H groups in total. The smallest absolute Gasteiger partial charge is 0.410 e. The lowest BCUT2D eigenvalue weighted by Crippen LogP contribution is -2.58. The summed E-state index contributed by atoms with van der Waals surface area (Å²) in [4.78, 5) is 21.2. The molecule has 1 aliphatic carbocycles. The fraction of sp³-hybridized carbons (Fsp3) is 0.571. The van der Waals surface area contributed by atoms with Crippen LogP contribution in [-0.2, 0) is 14.8 Å². The van der Waals surface area contributed by atoms with Gasteiger partial charge in [-0.2, -0.15) is 4.31 Å². The first kappa shape index (κ1) is 29.2. The molecule has 218 valence electrons. The summed E-state index contributed by atoms with van der Waals surface area (Å²) in [5.41, 5.74) is -0.878. The molecule has 0 unspecified atom stereocenters. The minimum absolute atomic E-state index is 0.0160. The van der Waals surface area contributed by atoms with Crippen molar-refractivity contribution in [3.05, 3.63) is 59.1 Å². The highest BCUT2D eigenvalue weighted by atomic mass is 35.5. The molecule has 0 radical (unpaired) electrons. The number of halogens is 2. The summed E-state index contributed by atoms with van der Waals surface area (Å²) in [6.07, 6.45) is 4.90. The molecule has 9 nitrogen and oxygen atoms in total. The summed E-state index contributed by atoms with van der Waals surface area (Å²) in [6.45, 7) is 6.05. The second kappa shape index (κ2) is 11.2. The van der Waals surface area contributed by atoms with E-state index in [1.54, 1.807) is 4.90 Å². The van der Waals surface area contributed by atoms with Gasteiger partial charge < -0.3 is 14.7 Å². The van der Waals surface area contributed by atoms with Gasteiger partial charge in [-0.25, -0.2) is 17.6 Å². The highest BCUT2D eigenvalue weighted by molar-refractivity contribution is 7.89. The number of carbonyl (C=O) groups is 1. The predicted octanol–water partition coefficient (Wildman–Crippen LogP) is 4.22. The molecule has 1 amide bonds. The number of nitrogens with zero attached hydrogens (tertiary/aromatic N) is 4. The first-order valence-corrected chi connectivity index (χ1v) is 15.5. The van der Waals surface area contributed by atoms with Crippen LogP contribution in [0, 0.1) is 5.82 Å². The summed E-state index contributed by atoms with van der Waals surface area (Å²) < 4.78 is 50.2. The Morgan fingerprint density at radius 1 is 1.15 bits per heavy atom. The number of hydrogen-bond donors (Lipinski definition) is 1. The fourth-order valence-electron chi connectivity index (χ4n) is 5.92. The zero-order valence-electron chi connectivity index (χ0n) is 22.8. The monoisotopic (exact) mass is 594 g/mol. The van der Waals surface area contributed by atoms with Crippen LogP contribution in [0.15, 0.2) is 47.6 Å². The van der Waals surface area contributed by atoms with Crippen LogP contribution in [0.3, 0.4) is 0 Å². The molecule has 2 aliphatic heterocycles. The molecule has 3 fully saturated rings. The molecule has 40 heavy (non-hydrogen) atoms. The predicted molar refractivity (Wildman–Crippen MR) is 148 cm³/mol. The Hall–Kier alpha value is -2.31. The largest absolute Gasteiger partial charge is 0.441 e. The first-order chi connectivity index (χ1) is 19.0. The molecule has 1 aromatic carbocycles. The van der Waals surface area contributed by atoms with Crippen LogP contribution < -0.4 is 0 Å². The number of aliphatic hydroxyl groups is 1. The van der Waals surface area contributed by atoms with Gasteiger partial charge in [-0.3, -0.25) is 9.88 Å². The molecular weight excluding hydrogens is 559 g/mol. The lowest BCUT2D eigenvalue weighted by molar-refractivity contribution is -0.0245. The molecule has 1 aromatic heterocycles. The zero-order valence-corrected chi connectivity index (χ0v) is 24.4. The average molecular weight is 595 g/mol. The van der Waals surface area contributed by atoms with Gasteiger partial charge in [0.05, 0.1) is 29.8 Å². The number of sulfonamides is 1. The van der Waals surface area contributed by atoms with Crippen molar-refractivity contribution in [2.24, 2.45) is 0 Å². The fourth-order valence-corrected chi connectivity index (χ4v) is 7.96. The van der Waals surface area contributed by atoms with E-state index in [-0.39, 0.29) is 17.0 Å². The van der Waals surface area contributed by atoms with Crippen molar-refractivity contribution in [1.29, 1.82) is 0 Å². The van der Waals surface area contributed by atoms with Crippen molar-refractivity contribution in [3.8, 4) is 0 Å². The quantitative estimate of drug-likeness (QED) is 0.512. The number of ether oxygens (including phenoxy) is 1. The van der Waals surface area contributed by atoms with Crippen molar-refractivity contribution in [3.63, 3.8) is 0 Å². The lowest BCUT2D eigenvalue weighted by Gasteiger charge is -2.45. The topological polar surface area (TPSA) is 103 Å². The van der Waals surface area contributed by atoms with E-state index in [0.717, 1.165) is 6.20 Å². The third-order valence-corrected chi connectivity index (χ3v) is 10.7. The van der Waals surface area contributed by atoms with Gasteiger partial charge in [-0.15, -0.1) is 0 Å². The molecule has 2 aromatic rings. The molecule has 1 saturated carbocycles. The van der Waals surface area contributed by atoms with Crippen molar-refractivity contribution in [2.45, 2.75) is 74.1 Å². The van der Waals surface area contributed by atoms with Crippen molar-refractivity contribution >= 4 is 27.7 Å². The van der Waals surface area contributed by atoms with Crippen molar-refractivity contribution < 1.29 is 27.4 Å². The van der Waals surface area contributed by atoms with Gasteiger partial charge in [0.25, 0.3) is 0 Å². The van der Waals surface area contributed by atoms with E-state index in [2.05, 4.69) is 9.88 Å². The number of pyridine rings is 1. The third kappa shape index (κ3) is 5.72. The molecule has 5 rings (SSSR count). The van der Waals surface area contributed by atoms with E-state index in [0.29, 0.717) is 68.9 Å². The summed E-state index contributed by atoms with van der Waals surface area (Å²) in [5, 5.41) is 10.1. The van der Waals surface area contributed by atoms with E-state index in [9.17, 15) is 22.7 Å². The van der Waals surface area contributed by atoms with Gasteiger partial charge in [0.1, 0.15) is 11.4 Å². The van der Waals surface area contributed by atoms with Crippen molar-refractivity contribution in [1.82, 2.24) is 19.1 Å². The van der Waals surface area contributed by atoms with Crippen LogP contribution in [0.2, 0.25) is 5.02 Å². The number of aliphatic hydroxyl groups excluding tert-OH is 1. The standard InChI is InChI=1S/C28H36ClFN4O5S/c1-27(2,19-35)33-14-12-32(13-15-33)26(36)39-28(10-11-28)25-5-3-4-24(20-16-22(30)18-31-17-20)34(25)40(37,38)23-8-6-21(29)7-9-23/h6-9,16-18,24-25,35H,3-5,10-15,19H2,1-2H3/t24-,25+/m0/s1. The first-order valence-electron chi connectivity index (χ1n) is 13.7. The van der Waals surface area contributed by atoms with E-state index < -0.39 is 39.6 Å². The number of amides is 1. The summed E-state index contributed by atoms with van der Waals surface area (Å²) in [5.74, 6) is -0.542. The van der Waals surface area contributed by atoms with E-state index in [4.69, 9.17) is 16.3 Å². The van der Waals surface area contributed by atoms with Crippen LogP contribution in [0.25, 0.3) is 0 Å². The molecule has 0 bridgehead atoms. The Balaban J connectivity index is 1.42. The number of carbonyl (C=O) groups excluding carboxylic acids is 1. The van der Waals surface area contributed by atoms with E-state index >= 15 is 0 Å². The Bertz CT molecular complexity index is 1330. The number of benzene rings is 1. The van der Waals surface area contributed by atoms with Gasteiger partial charge in [0.2, 0.25) is 10.0 Å². The van der Waals surface area contributed by atoms with Gasteiger partial charge in [-0.05, 0) is 81.8 Å². The van der Waals surface area contributed by atoms with Crippen molar-refractivity contribution in [2.75, 3.05) is 32.8 Å². The Morgan fingerprint density at radius 2 is 1.82 bits per heavy atom. The minimum Gasteiger partial charge on any atom is -0.441 e. The Morgan fingerprint density at radius 3 is 2.42 bits per heavy atom. The second-order valence-electron chi connectivity index (χ2n) is 11.6. The zero-order chi connectivity index (χ0) is 28.7. The number of aromatic nitrogens is 1. The van der Waals surface area contributed by atoms with E-state index in [1.165, 1.54) is 40.8 Å². The van der Waals surface area contributed by atoms with Crippen LogP contribution in [-0.4, -0.2) is 88.7 Å². The molecule has 12 heteroatoms. The summed E-state index contributed by atoms with van der Waals surface area (Å²) in [6, 6.07) is 6.01. The molecule has 2 atom stereocenters. The normalized spacial score (nSPS) is 24.1. The second-order valence-corrected chi connectivity index (χ2v) is 13.8. The Kier molecular flexibility index (Phi) is 8.15. The highest BCUT2D eigenvalue weighted by Gasteiger charge is 2.60. The average Bonchev–Trinajstić information content (AvgIpc) is 3.73. The molecule has 3 aliphatic rings. The highest BCUT2D eigenvalue weighted by Crippen LogP contribution is 2.52. The van der Waals surface area contributed by atoms with Gasteiger partial charge in [0.15, 0.2) is 0 Å².